The van der Waals surface area contributed by atoms with Gasteiger partial charge in [-0.1, -0.05) is 34.7 Å². The second-order valence-corrected chi connectivity index (χ2v) is 6.11. The maximum absolute atomic E-state index is 11.0. The van der Waals surface area contributed by atoms with Gasteiger partial charge >= 0.3 is 0 Å². The third-order valence-electron chi connectivity index (χ3n) is 1.44. The zero-order valence-corrected chi connectivity index (χ0v) is 9.09. The SMILES string of the molecule is CS(=O)(=O)C1=CCC(I)C=C1. The number of halogens is 1. The first-order valence-electron chi connectivity index (χ1n) is 3.22. The summed E-state index contributed by atoms with van der Waals surface area (Å²) in [6, 6.07) is 0. The fourth-order valence-electron chi connectivity index (χ4n) is 0.850. The van der Waals surface area contributed by atoms with Gasteiger partial charge in [-0.3, -0.25) is 0 Å². The molecule has 0 aliphatic heterocycles. The van der Waals surface area contributed by atoms with Gasteiger partial charge in [0.1, 0.15) is 0 Å². The molecule has 11 heavy (non-hydrogen) atoms. The number of allylic oxidation sites excluding steroid dienone is 3. The van der Waals surface area contributed by atoms with E-state index in [1.54, 1.807) is 12.2 Å². The van der Waals surface area contributed by atoms with Gasteiger partial charge in [0.05, 0.1) is 4.91 Å². The van der Waals surface area contributed by atoms with Crippen LogP contribution in [0.15, 0.2) is 23.1 Å². The molecule has 1 atom stereocenters. The standard InChI is InChI=1S/C7H9IO2S/c1-11(9,10)7-4-2-6(8)3-5-7/h2,4-6H,3H2,1H3. The van der Waals surface area contributed by atoms with E-state index in [1.807, 2.05) is 6.08 Å². The van der Waals surface area contributed by atoms with Gasteiger partial charge in [-0.15, -0.1) is 0 Å². The van der Waals surface area contributed by atoms with E-state index in [4.69, 9.17) is 0 Å². The highest BCUT2D eigenvalue weighted by molar-refractivity contribution is 14.1. The topological polar surface area (TPSA) is 34.1 Å². The van der Waals surface area contributed by atoms with Crippen molar-refractivity contribution in [3.8, 4) is 0 Å². The van der Waals surface area contributed by atoms with Crippen LogP contribution in [-0.2, 0) is 9.84 Å². The Morgan fingerprint density at radius 2 is 2.27 bits per heavy atom. The van der Waals surface area contributed by atoms with Gasteiger partial charge < -0.3 is 0 Å². The van der Waals surface area contributed by atoms with Crippen molar-refractivity contribution in [1.29, 1.82) is 0 Å². The van der Waals surface area contributed by atoms with Gasteiger partial charge in [-0.2, -0.15) is 0 Å². The summed E-state index contributed by atoms with van der Waals surface area (Å²) in [7, 11) is -2.98. The van der Waals surface area contributed by atoms with Crippen molar-refractivity contribution >= 4 is 32.4 Å². The lowest BCUT2D eigenvalue weighted by Crippen LogP contribution is -2.04. The van der Waals surface area contributed by atoms with Gasteiger partial charge in [0.2, 0.25) is 0 Å². The number of hydrogen-bond acceptors (Lipinski definition) is 2. The molecule has 1 rings (SSSR count). The van der Waals surface area contributed by atoms with E-state index < -0.39 is 9.84 Å². The van der Waals surface area contributed by atoms with Crippen molar-refractivity contribution in [2.75, 3.05) is 6.26 Å². The summed E-state index contributed by atoms with van der Waals surface area (Å²) in [5.41, 5.74) is 0. The Kier molecular flexibility index (Phi) is 2.74. The van der Waals surface area contributed by atoms with Gasteiger partial charge in [0.25, 0.3) is 0 Å². The Bertz CT molecular complexity index is 300. The van der Waals surface area contributed by atoms with Crippen molar-refractivity contribution in [2.24, 2.45) is 0 Å². The molecule has 0 spiro atoms. The van der Waals surface area contributed by atoms with Gasteiger partial charge in [-0.25, -0.2) is 8.42 Å². The van der Waals surface area contributed by atoms with Gasteiger partial charge in [0, 0.05) is 10.2 Å². The minimum Gasteiger partial charge on any atom is -0.224 e. The smallest absolute Gasteiger partial charge is 0.175 e. The average Bonchev–Trinajstić information content (AvgIpc) is 1.86. The minimum atomic E-state index is -2.98. The number of alkyl halides is 1. The van der Waals surface area contributed by atoms with Crippen LogP contribution in [0, 0.1) is 0 Å². The molecule has 0 N–H and O–H groups in total. The van der Waals surface area contributed by atoms with E-state index in [0.717, 1.165) is 6.42 Å². The third kappa shape index (κ3) is 2.59. The van der Waals surface area contributed by atoms with Crippen molar-refractivity contribution in [1.82, 2.24) is 0 Å². The largest absolute Gasteiger partial charge is 0.224 e. The third-order valence-corrected chi connectivity index (χ3v) is 3.52. The van der Waals surface area contributed by atoms with Crippen LogP contribution in [0.2, 0.25) is 0 Å². The zero-order valence-electron chi connectivity index (χ0n) is 6.12. The molecule has 0 fully saturated rings. The lowest BCUT2D eigenvalue weighted by Gasteiger charge is -2.08. The van der Waals surface area contributed by atoms with Crippen LogP contribution in [0.5, 0.6) is 0 Å². The van der Waals surface area contributed by atoms with Crippen molar-refractivity contribution in [3.63, 3.8) is 0 Å². The average molecular weight is 284 g/mol. The molecule has 1 unspecified atom stereocenters. The molecule has 0 saturated carbocycles. The Hall–Kier alpha value is 0.160. The molecule has 0 amide bonds. The van der Waals surface area contributed by atoms with Crippen LogP contribution in [0.4, 0.5) is 0 Å². The molecule has 2 nitrogen and oxygen atoms in total. The van der Waals surface area contributed by atoms with E-state index in [1.165, 1.54) is 6.26 Å². The first-order valence-corrected chi connectivity index (χ1v) is 6.36. The summed E-state index contributed by atoms with van der Waals surface area (Å²) in [4.78, 5) is 0.449. The summed E-state index contributed by atoms with van der Waals surface area (Å²) >= 11 is 2.27. The second kappa shape index (κ2) is 3.26. The second-order valence-electron chi connectivity index (χ2n) is 2.49. The highest BCUT2D eigenvalue weighted by Crippen LogP contribution is 2.19. The first-order chi connectivity index (χ1) is 5.00. The molecule has 1 aliphatic carbocycles. The lowest BCUT2D eigenvalue weighted by molar-refractivity contribution is 0.608. The highest BCUT2D eigenvalue weighted by Gasteiger charge is 2.12. The zero-order chi connectivity index (χ0) is 8.48. The normalized spacial score (nSPS) is 24.9. The summed E-state index contributed by atoms with van der Waals surface area (Å²) < 4.78 is 22.4. The minimum absolute atomic E-state index is 0.443. The van der Waals surface area contributed by atoms with E-state index in [0.29, 0.717) is 8.83 Å². The lowest BCUT2D eigenvalue weighted by atomic mass is 10.2. The Morgan fingerprint density at radius 3 is 2.64 bits per heavy atom. The Balaban J connectivity index is 2.89. The molecule has 0 aromatic heterocycles. The van der Waals surface area contributed by atoms with Crippen LogP contribution in [0.1, 0.15) is 6.42 Å². The van der Waals surface area contributed by atoms with Crippen LogP contribution in [-0.4, -0.2) is 18.6 Å². The van der Waals surface area contributed by atoms with Crippen LogP contribution in [0.25, 0.3) is 0 Å². The highest BCUT2D eigenvalue weighted by atomic mass is 127. The summed E-state index contributed by atoms with van der Waals surface area (Å²) in [5, 5.41) is 0. The molecular weight excluding hydrogens is 275 g/mol. The van der Waals surface area contributed by atoms with E-state index >= 15 is 0 Å². The number of rotatable bonds is 1. The van der Waals surface area contributed by atoms with E-state index in [9.17, 15) is 8.42 Å². The van der Waals surface area contributed by atoms with Gasteiger partial charge in [0.15, 0.2) is 9.84 Å². The maximum atomic E-state index is 11.0. The summed E-state index contributed by atoms with van der Waals surface area (Å²) in [6.07, 6.45) is 7.41. The molecule has 0 saturated heterocycles. The summed E-state index contributed by atoms with van der Waals surface area (Å²) in [5.74, 6) is 0. The number of hydrogen-bond donors (Lipinski definition) is 0. The first kappa shape index (κ1) is 9.25. The number of sulfone groups is 1. The Labute approximate surface area is 80.4 Å². The van der Waals surface area contributed by atoms with E-state index in [-0.39, 0.29) is 0 Å². The fourth-order valence-corrected chi connectivity index (χ4v) is 2.04. The fraction of sp³-hybridized carbons (Fsp3) is 0.429. The molecule has 4 heteroatoms. The quantitative estimate of drug-likeness (QED) is 0.542. The molecular formula is C7H9IO2S. The molecule has 0 aromatic rings. The van der Waals surface area contributed by atoms with E-state index in [2.05, 4.69) is 22.6 Å². The maximum Gasteiger partial charge on any atom is 0.175 e. The monoisotopic (exact) mass is 284 g/mol. The molecule has 62 valence electrons. The van der Waals surface area contributed by atoms with Crippen LogP contribution >= 0.6 is 22.6 Å². The molecule has 0 heterocycles. The summed E-state index contributed by atoms with van der Waals surface area (Å²) in [6.45, 7) is 0. The predicted molar refractivity (Wildman–Crippen MR) is 54.5 cm³/mol. The molecule has 0 aromatic carbocycles. The van der Waals surface area contributed by atoms with Crippen molar-refractivity contribution in [3.05, 3.63) is 23.1 Å². The van der Waals surface area contributed by atoms with Crippen molar-refractivity contribution < 1.29 is 8.42 Å². The Morgan fingerprint density at radius 1 is 1.64 bits per heavy atom. The molecule has 1 aliphatic rings. The molecule has 0 radical (unpaired) electrons. The van der Waals surface area contributed by atoms with Crippen LogP contribution < -0.4 is 0 Å². The van der Waals surface area contributed by atoms with Crippen LogP contribution in [0.3, 0.4) is 0 Å². The van der Waals surface area contributed by atoms with Crippen molar-refractivity contribution in [2.45, 2.75) is 10.3 Å². The predicted octanol–water partition coefficient (Wildman–Crippen LogP) is 1.68. The molecule has 0 bridgehead atoms. The van der Waals surface area contributed by atoms with Gasteiger partial charge in [-0.05, 0) is 12.5 Å².